The van der Waals surface area contributed by atoms with E-state index in [9.17, 15) is 0 Å². The third-order valence-electron chi connectivity index (χ3n) is 4.15. The molecule has 1 saturated carbocycles. The van der Waals surface area contributed by atoms with E-state index in [1.54, 1.807) is 0 Å². The summed E-state index contributed by atoms with van der Waals surface area (Å²) in [5.74, 6) is 1.45. The first-order valence-corrected chi connectivity index (χ1v) is 6.43. The van der Waals surface area contributed by atoms with Crippen LogP contribution >= 0.6 is 0 Å². The summed E-state index contributed by atoms with van der Waals surface area (Å²) in [5.41, 5.74) is 7.43. The first kappa shape index (κ1) is 10.6. The molecule has 1 aliphatic carbocycles. The van der Waals surface area contributed by atoms with Crippen LogP contribution < -0.4 is 10.6 Å². The van der Waals surface area contributed by atoms with Crippen LogP contribution in [0.1, 0.15) is 26.2 Å². The number of hydrogen-bond acceptors (Lipinski definition) is 3. The lowest BCUT2D eigenvalue weighted by atomic mass is 9.88. The average Bonchev–Trinajstić information content (AvgIpc) is 3.16. The van der Waals surface area contributed by atoms with Gasteiger partial charge >= 0.3 is 0 Å². The van der Waals surface area contributed by atoms with Crippen LogP contribution in [0.4, 0.5) is 5.69 Å². The lowest BCUT2D eigenvalue weighted by Crippen LogP contribution is -2.53. The molecule has 0 bridgehead atoms. The molecule has 90 valence electrons. The van der Waals surface area contributed by atoms with E-state index in [0.29, 0.717) is 5.96 Å². The van der Waals surface area contributed by atoms with Gasteiger partial charge in [0.25, 0.3) is 0 Å². The van der Waals surface area contributed by atoms with Crippen molar-refractivity contribution in [3.63, 3.8) is 0 Å². The Labute approximate surface area is 102 Å². The Morgan fingerprint density at radius 2 is 2.06 bits per heavy atom. The fourth-order valence-corrected chi connectivity index (χ4v) is 3.04. The Bertz CT molecular complexity index is 436. The molecule has 0 aromatic heterocycles. The number of rotatable bonds is 3. The number of para-hydroxylation sites is 1. The second-order valence-corrected chi connectivity index (χ2v) is 5.08. The highest BCUT2D eigenvalue weighted by Crippen LogP contribution is 2.48. The van der Waals surface area contributed by atoms with Crippen molar-refractivity contribution in [2.45, 2.75) is 31.7 Å². The first-order chi connectivity index (χ1) is 8.28. The minimum Gasteiger partial charge on any atom is -0.369 e. The van der Waals surface area contributed by atoms with Gasteiger partial charge in [-0.2, -0.15) is 0 Å². The normalized spacial score (nSPS) is 28.3. The molecule has 3 rings (SSSR count). The van der Waals surface area contributed by atoms with Gasteiger partial charge in [-0.1, -0.05) is 25.1 Å². The van der Waals surface area contributed by atoms with Gasteiger partial charge in [0, 0.05) is 5.69 Å². The minimum absolute atomic E-state index is 0.144. The molecule has 2 aliphatic rings. The number of guanidine groups is 1. The average molecular weight is 229 g/mol. The molecular formula is C14H19N3. The smallest absolute Gasteiger partial charge is 0.196 e. The van der Waals surface area contributed by atoms with Crippen molar-refractivity contribution in [1.82, 2.24) is 0 Å². The zero-order valence-electron chi connectivity index (χ0n) is 10.3. The number of anilines is 1. The molecule has 1 fully saturated rings. The molecule has 17 heavy (non-hydrogen) atoms. The van der Waals surface area contributed by atoms with Gasteiger partial charge < -0.3 is 10.6 Å². The van der Waals surface area contributed by atoms with Crippen LogP contribution in [0.25, 0.3) is 0 Å². The molecule has 1 atom stereocenters. The SMILES string of the molecule is CCC1(C2CC2)CN=C(N)N1c1ccccc1. The highest BCUT2D eigenvalue weighted by Gasteiger charge is 2.51. The van der Waals surface area contributed by atoms with Gasteiger partial charge in [-0.3, -0.25) is 4.99 Å². The number of nitrogens with two attached hydrogens (primary N) is 1. The van der Waals surface area contributed by atoms with Gasteiger partial charge in [-0.15, -0.1) is 0 Å². The Balaban J connectivity index is 2.02. The van der Waals surface area contributed by atoms with Crippen molar-refractivity contribution in [2.75, 3.05) is 11.4 Å². The fraction of sp³-hybridized carbons (Fsp3) is 0.500. The van der Waals surface area contributed by atoms with E-state index < -0.39 is 0 Å². The second-order valence-electron chi connectivity index (χ2n) is 5.08. The second kappa shape index (κ2) is 3.76. The van der Waals surface area contributed by atoms with Gasteiger partial charge in [-0.05, 0) is 37.3 Å². The molecule has 1 unspecified atom stereocenters. The first-order valence-electron chi connectivity index (χ1n) is 6.43. The zero-order chi connectivity index (χ0) is 11.9. The van der Waals surface area contributed by atoms with Crippen molar-refractivity contribution in [2.24, 2.45) is 16.6 Å². The topological polar surface area (TPSA) is 41.6 Å². The van der Waals surface area contributed by atoms with E-state index in [0.717, 1.165) is 18.9 Å². The summed E-state index contributed by atoms with van der Waals surface area (Å²) in [6, 6.07) is 10.4. The molecule has 3 heteroatoms. The van der Waals surface area contributed by atoms with Crippen molar-refractivity contribution in [3.8, 4) is 0 Å². The summed E-state index contributed by atoms with van der Waals surface area (Å²) < 4.78 is 0. The highest BCUT2D eigenvalue weighted by molar-refractivity contribution is 5.98. The molecule has 0 amide bonds. The fourth-order valence-electron chi connectivity index (χ4n) is 3.04. The molecule has 1 aromatic rings. The van der Waals surface area contributed by atoms with Crippen LogP contribution in [0.5, 0.6) is 0 Å². The van der Waals surface area contributed by atoms with Crippen molar-refractivity contribution < 1.29 is 0 Å². The highest BCUT2D eigenvalue weighted by atomic mass is 15.4. The van der Waals surface area contributed by atoms with Crippen LogP contribution in [0, 0.1) is 5.92 Å². The molecule has 1 heterocycles. The summed E-state index contributed by atoms with van der Waals surface area (Å²) in [5, 5.41) is 0. The van der Waals surface area contributed by atoms with Gasteiger partial charge in [0.2, 0.25) is 0 Å². The number of aliphatic imine (C=N–C) groups is 1. The Hall–Kier alpha value is -1.51. The van der Waals surface area contributed by atoms with E-state index in [4.69, 9.17) is 5.73 Å². The summed E-state index contributed by atoms with van der Waals surface area (Å²) in [6.45, 7) is 3.11. The zero-order valence-corrected chi connectivity index (χ0v) is 10.3. The summed E-state index contributed by atoms with van der Waals surface area (Å²) in [4.78, 5) is 6.77. The molecule has 3 nitrogen and oxygen atoms in total. The van der Waals surface area contributed by atoms with E-state index in [1.807, 2.05) is 6.07 Å². The van der Waals surface area contributed by atoms with E-state index in [1.165, 1.54) is 18.5 Å². The molecule has 1 aliphatic heterocycles. The standard InChI is InChI=1S/C14H19N3/c1-2-14(11-8-9-11)10-16-13(15)17(14)12-6-4-3-5-7-12/h3-7,11H,2,8-10H2,1H3,(H2,15,16). The van der Waals surface area contributed by atoms with Crippen LogP contribution in [0.2, 0.25) is 0 Å². The third kappa shape index (κ3) is 1.53. The maximum atomic E-state index is 6.10. The molecule has 0 saturated heterocycles. The van der Waals surface area contributed by atoms with E-state index in [-0.39, 0.29) is 5.54 Å². The Morgan fingerprint density at radius 3 is 2.65 bits per heavy atom. The predicted octanol–water partition coefficient (Wildman–Crippen LogP) is 2.38. The van der Waals surface area contributed by atoms with E-state index >= 15 is 0 Å². The van der Waals surface area contributed by atoms with Crippen molar-refractivity contribution >= 4 is 11.6 Å². The third-order valence-corrected chi connectivity index (χ3v) is 4.15. The lowest BCUT2D eigenvalue weighted by molar-refractivity contribution is 0.386. The Kier molecular flexibility index (Phi) is 2.35. The van der Waals surface area contributed by atoms with Crippen molar-refractivity contribution in [1.29, 1.82) is 0 Å². The van der Waals surface area contributed by atoms with Gasteiger partial charge in [0.15, 0.2) is 5.96 Å². The van der Waals surface area contributed by atoms with Crippen molar-refractivity contribution in [3.05, 3.63) is 30.3 Å². The van der Waals surface area contributed by atoms with Gasteiger partial charge in [0.1, 0.15) is 0 Å². The van der Waals surface area contributed by atoms with E-state index in [2.05, 4.69) is 41.1 Å². The molecule has 0 radical (unpaired) electrons. The van der Waals surface area contributed by atoms with Crippen LogP contribution in [-0.2, 0) is 0 Å². The van der Waals surface area contributed by atoms with Crippen LogP contribution in [0.3, 0.4) is 0 Å². The predicted molar refractivity (Wildman–Crippen MR) is 71.2 cm³/mol. The minimum atomic E-state index is 0.144. The van der Waals surface area contributed by atoms with Crippen LogP contribution in [-0.4, -0.2) is 18.0 Å². The molecule has 1 aromatic carbocycles. The number of nitrogens with zero attached hydrogens (tertiary/aromatic N) is 2. The molecular weight excluding hydrogens is 210 g/mol. The lowest BCUT2D eigenvalue weighted by Gasteiger charge is -2.39. The summed E-state index contributed by atoms with van der Waals surface area (Å²) >= 11 is 0. The monoisotopic (exact) mass is 229 g/mol. The maximum Gasteiger partial charge on any atom is 0.196 e. The number of hydrogen-bond donors (Lipinski definition) is 1. The summed E-state index contributed by atoms with van der Waals surface area (Å²) in [6.07, 6.45) is 3.75. The maximum absolute atomic E-state index is 6.10. The molecule has 2 N–H and O–H groups in total. The number of benzene rings is 1. The van der Waals surface area contributed by atoms with Gasteiger partial charge in [-0.25, -0.2) is 0 Å². The largest absolute Gasteiger partial charge is 0.369 e. The van der Waals surface area contributed by atoms with Crippen LogP contribution in [0.15, 0.2) is 35.3 Å². The summed E-state index contributed by atoms with van der Waals surface area (Å²) in [7, 11) is 0. The Morgan fingerprint density at radius 1 is 1.35 bits per heavy atom. The quantitative estimate of drug-likeness (QED) is 0.864. The molecule has 0 spiro atoms. The van der Waals surface area contributed by atoms with Gasteiger partial charge in [0.05, 0.1) is 12.1 Å².